The van der Waals surface area contributed by atoms with Gasteiger partial charge in [0.2, 0.25) is 5.56 Å². The average Bonchev–Trinajstić information content (AvgIpc) is 2.71. The predicted molar refractivity (Wildman–Crippen MR) is 128 cm³/mol. The van der Waals surface area contributed by atoms with Crippen LogP contribution in [0.2, 0.25) is 0 Å². The molecule has 0 radical (unpaired) electrons. The molecule has 0 spiro atoms. The van der Waals surface area contributed by atoms with E-state index in [0.29, 0.717) is 29.2 Å². The maximum absolute atomic E-state index is 13.0. The Kier molecular flexibility index (Phi) is 8.44. The van der Waals surface area contributed by atoms with E-state index in [9.17, 15) is 14.4 Å². The highest BCUT2D eigenvalue weighted by Crippen LogP contribution is 2.17. The Morgan fingerprint density at radius 2 is 1.94 bits per heavy atom. The van der Waals surface area contributed by atoms with Crippen LogP contribution in [0.4, 0.5) is 5.69 Å². The highest BCUT2D eigenvalue weighted by atomic mass is 35.5. The highest BCUT2D eigenvalue weighted by Gasteiger charge is 2.19. The van der Waals surface area contributed by atoms with Gasteiger partial charge in [0.15, 0.2) is 0 Å². The lowest BCUT2D eigenvalue weighted by atomic mass is 9.99. The molecule has 2 aromatic heterocycles. The normalized spacial score (nSPS) is 15.6. The summed E-state index contributed by atoms with van der Waals surface area (Å²) in [6.45, 7) is 4.27. The van der Waals surface area contributed by atoms with Crippen LogP contribution in [0.15, 0.2) is 52.2 Å². The average molecular weight is 465 g/mol. The van der Waals surface area contributed by atoms with Crippen LogP contribution in [-0.2, 0) is 6.54 Å². The van der Waals surface area contributed by atoms with Crippen molar-refractivity contribution in [3.05, 3.63) is 74.4 Å². The maximum Gasteiger partial charge on any atom is 0.263 e. The van der Waals surface area contributed by atoms with Crippen molar-refractivity contribution >= 4 is 47.3 Å². The van der Waals surface area contributed by atoms with E-state index in [4.69, 9.17) is 0 Å². The number of nitrogens with one attached hydrogen (secondary N) is 3. The summed E-state index contributed by atoms with van der Waals surface area (Å²) in [5, 5.41) is 7.01. The van der Waals surface area contributed by atoms with Gasteiger partial charge < -0.3 is 20.2 Å². The van der Waals surface area contributed by atoms with Crippen LogP contribution in [0.25, 0.3) is 10.9 Å². The third kappa shape index (κ3) is 5.55. The summed E-state index contributed by atoms with van der Waals surface area (Å²) in [6, 6.07) is 10.2. The lowest BCUT2D eigenvalue weighted by molar-refractivity contribution is 0.102. The van der Waals surface area contributed by atoms with Crippen LogP contribution in [0.3, 0.4) is 0 Å². The summed E-state index contributed by atoms with van der Waals surface area (Å²) in [7, 11) is 0. The molecular weight excluding hydrogens is 439 g/mol. The Labute approximate surface area is 192 Å². The second-order valence-corrected chi connectivity index (χ2v) is 7.62. The number of halogens is 2. The number of benzene rings is 1. The molecule has 1 atom stereocenters. The number of piperidine rings is 1. The van der Waals surface area contributed by atoms with Crippen LogP contribution in [0, 0.1) is 12.8 Å². The largest absolute Gasteiger partial charge is 0.322 e. The number of nitrogens with zero attached hydrogens (tertiary/aromatic N) is 1. The summed E-state index contributed by atoms with van der Waals surface area (Å²) in [5.74, 6) is -0.0568. The Balaban J connectivity index is 0.00000171. The number of carbonyl (C=O) groups is 1. The predicted octanol–water partition coefficient (Wildman–Crippen LogP) is 3.09. The molecule has 1 aromatic carbocycles. The molecule has 31 heavy (non-hydrogen) atoms. The topological polar surface area (TPSA) is 96.0 Å². The fraction of sp³-hybridized carbons (Fsp3) is 0.318. The monoisotopic (exact) mass is 464 g/mol. The zero-order valence-corrected chi connectivity index (χ0v) is 18.8. The van der Waals surface area contributed by atoms with Gasteiger partial charge in [-0.25, -0.2) is 0 Å². The first-order valence-corrected chi connectivity index (χ1v) is 9.86. The van der Waals surface area contributed by atoms with Gasteiger partial charge in [0.25, 0.3) is 11.5 Å². The van der Waals surface area contributed by atoms with E-state index < -0.39 is 5.91 Å². The Morgan fingerprint density at radius 3 is 2.68 bits per heavy atom. The van der Waals surface area contributed by atoms with Gasteiger partial charge in [0.1, 0.15) is 5.56 Å². The molecule has 3 heterocycles. The van der Waals surface area contributed by atoms with Crippen molar-refractivity contribution in [1.29, 1.82) is 0 Å². The number of fused-ring (bicyclic) bond motifs is 1. The summed E-state index contributed by atoms with van der Waals surface area (Å²) in [6.07, 6.45) is 3.94. The molecule has 166 valence electrons. The van der Waals surface area contributed by atoms with Gasteiger partial charge in [-0.2, -0.15) is 0 Å². The second kappa shape index (κ2) is 10.6. The fourth-order valence-corrected chi connectivity index (χ4v) is 3.86. The Bertz CT molecular complexity index is 1180. The standard InChI is InChI=1S/C22H24N4O3.2ClH/c1-14-8-10-26(13-15-3-2-9-23-12-15)22(29)20(14)21(28)24-17-6-4-16-5-7-19(27)25-18(16)11-17;;/h4-8,10-11,15,23H,2-3,9,12-13H2,1H3,(H,24,28)(H,25,27);2*1H. The van der Waals surface area contributed by atoms with Crippen molar-refractivity contribution in [2.75, 3.05) is 18.4 Å². The zero-order valence-electron chi connectivity index (χ0n) is 17.1. The van der Waals surface area contributed by atoms with E-state index in [1.165, 1.54) is 6.07 Å². The van der Waals surface area contributed by atoms with Gasteiger partial charge in [0.05, 0.1) is 5.52 Å². The lowest BCUT2D eigenvalue weighted by Crippen LogP contribution is -2.36. The third-order valence-electron chi connectivity index (χ3n) is 5.44. The molecule has 1 aliphatic rings. The number of aromatic nitrogens is 2. The summed E-state index contributed by atoms with van der Waals surface area (Å²) >= 11 is 0. The van der Waals surface area contributed by atoms with Gasteiger partial charge in [-0.3, -0.25) is 14.4 Å². The van der Waals surface area contributed by atoms with Crippen LogP contribution in [0.1, 0.15) is 28.8 Å². The van der Waals surface area contributed by atoms with Gasteiger partial charge in [0, 0.05) is 24.5 Å². The van der Waals surface area contributed by atoms with E-state index in [2.05, 4.69) is 15.6 Å². The number of rotatable bonds is 4. The van der Waals surface area contributed by atoms with Crippen LogP contribution >= 0.6 is 24.8 Å². The van der Waals surface area contributed by atoms with E-state index in [1.54, 1.807) is 35.9 Å². The molecule has 1 unspecified atom stereocenters. The van der Waals surface area contributed by atoms with Gasteiger partial charge in [-0.05, 0) is 74.0 Å². The highest BCUT2D eigenvalue weighted by molar-refractivity contribution is 6.05. The number of aryl methyl sites for hydroxylation is 1. The molecule has 9 heteroatoms. The summed E-state index contributed by atoms with van der Waals surface area (Å²) < 4.78 is 1.64. The molecule has 3 N–H and O–H groups in total. The van der Waals surface area contributed by atoms with Crippen LogP contribution in [0.5, 0.6) is 0 Å². The number of H-pyrrole nitrogens is 1. The van der Waals surface area contributed by atoms with Gasteiger partial charge >= 0.3 is 0 Å². The molecule has 1 saturated heterocycles. The molecule has 1 aliphatic heterocycles. The van der Waals surface area contributed by atoms with E-state index in [0.717, 1.165) is 31.3 Å². The first-order valence-electron chi connectivity index (χ1n) is 9.86. The molecule has 0 aliphatic carbocycles. The molecule has 3 aromatic rings. The minimum Gasteiger partial charge on any atom is -0.322 e. The van der Waals surface area contributed by atoms with Gasteiger partial charge in [-0.15, -0.1) is 24.8 Å². The van der Waals surface area contributed by atoms with Crippen LogP contribution < -0.4 is 21.8 Å². The molecule has 0 bridgehead atoms. The van der Waals surface area contributed by atoms with Crippen molar-refractivity contribution in [3.63, 3.8) is 0 Å². The van der Waals surface area contributed by atoms with Crippen molar-refractivity contribution in [3.8, 4) is 0 Å². The number of pyridine rings is 2. The van der Waals surface area contributed by atoms with E-state index >= 15 is 0 Å². The van der Waals surface area contributed by atoms with Crippen LogP contribution in [-0.4, -0.2) is 28.5 Å². The molecule has 7 nitrogen and oxygen atoms in total. The molecule has 1 amide bonds. The molecule has 0 saturated carbocycles. The van der Waals surface area contributed by atoms with E-state index in [-0.39, 0.29) is 41.5 Å². The number of carbonyl (C=O) groups excluding carboxylic acids is 1. The Hall–Kier alpha value is -2.61. The number of hydrogen-bond donors (Lipinski definition) is 3. The number of amides is 1. The number of anilines is 1. The summed E-state index contributed by atoms with van der Waals surface area (Å²) in [4.78, 5) is 40.2. The zero-order chi connectivity index (χ0) is 20.4. The lowest BCUT2D eigenvalue weighted by Gasteiger charge is -2.23. The smallest absolute Gasteiger partial charge is 0.263 e. The molecule has 4 rings (SSSR count). The maximum atomic E-state index is 13.0. The first kappa shape index (κ1) is 24.7. The number of hydrogen-bond acceptors (Lipinski definition) is 4. The SMILES string of the molecule is Cc1ccn(CC2CCCNC2)c(=O)c1C(=O)Nc1ccc2ccc(=O)[nH]c2c1.Cl.Cl. The fourth-order valence-electron chi connectivity index (χ4n) is 3.86. The van der Waals surface area contributed by atoms with Crippen molar-refractivity contribution in [1.82, 2.24) is 14.9 Å². The number of aromatic amines is 1. The molecule has 1 fully saturated rings. The van der Waals surface area contributed by atoms with Crippen molar-refractivity contribution in [2.24, 2.45) is 5.92 Å². The first-order chi connectivity index (χ1) is 14.0. The second-order valence-electron chi connectivity index (χ2n) is 7.62. The third-order valence-corrected chi connectivity index (χ3v) is 5.44. The molecular formula is C22H26Cl2N4O3. The van der Waals surface area contributed by atoms with Gasteiger partial charge in [-0.1, -0.05) is 6.07 Å². The summed E-state index contributed by atoms with van der Waals surface area (Å²) in [5.41, 5.74) is 1.46. The quantitative estimate of drug-likeness (QED) is 0.552. The van der Waals surface area contributed by atoms with Crippen molar-refractivity contribution < 1.29 is 4.79 Å². The van der Waals surface area contributed by atoms with E-state index in [1.807, 2.05) is 12.1 Å². The minimum absolute atomic E-state index is 0. The van der Waals surface area contributed by atoms with Crippen molar-refractivity contribution in [2.45, 2.75) is 26.3 Å². The minimum atomic E-state index is -0.443. The Morgan fingerprint density at radius 1 is 1.16 bits per heavy atom.